The summed E-state index contributed by atoms with van der Waals surface area (Å²) in [6, 6.07) is 6.51. The third-order valence-electron chi connectivity index (χ3n) is 2.80. The van der Waals surface area contributed by atoms with Crippen LogP contribution in [-0.4, -0.2) is 31.0 Å². The monoisotopic (exact) mass is 323 g/mol. The van der Waals surface area contributed by atoms with E-state index in [9.17, 15) is 9.59 Å². The number of ether oxygens (including phenoxy) is 3. The number of methoxy groups -OCH3 is 1. The zero-order valence-corrected chi connectivity index (χ0v) is 14.5. The maximum absolute atomic E-state index is 11.9. The quantitative estimate of drug-likeness (QED) is 0.664. The molecule has 1 unspecified atom stereocenters. The van der Waals surface area contributed by atoms with Gasteiger partial charge < -0.3 is 14.2 Å². The highest BCUT2D eigenvalue weighted by Gasteiger charge is 2.22. The van der Waals surface area contributed by atoms with Gasteiger partial charge in [0.05, 0.1) is 12.7 Å². The van der Waals surface area contributed by atoms with Crippen LogP contribution in [-0.2, 0) is 9.47 Å². The smallest absolute Gasteiger partial charge is 0.410 e. The molecule has 0 heterocycles. The lowest BCUT2D eigenvalue weighted by Gasteiger charge is -2.26. The summed E-state index contributed by atoms with van der Waals surface area (Å²) in [6.45, 7) is 9.23. The van der Waals surface area contributed by atoms with Crippen molar-refractivity contribution in [1.29, 1.82) is 0 Å². The summed E-state index contributed by atoms with van der Waals surface area (Å²) in [4.78, 5) is 23.3. The molecule has 0 aliphatic carbocycles. The Morgan fingerprint density at radius 1 is 1.09 bits per heavy atom. The first-order valence-electron chi connectivity index (χ1n) is 7.47. The minimum absolute atomic E-state index is 0.0304. The Hall–Kier alpha value is -2.24. The van der Waals surface area contributed by atoms with Crippen LogP contribution in [0.2, 0.25) is 0 Å². The molecule has 0 aliphatic heterocycles. The van der Waals surface area contributed by atoms with Gasteiger partial charge in [0.2, 0.25) is 0 Å². The third-order valence-corrected chi connectivity index (χ3v) is 2.80. The topological polar surface area (TPSA) is 73.9 Å². The van der Waals surface area contributed by atoms with Crippen LogP contribution in [0.5, 0.6) is 5.75 Å². The first-order chi connectivity index (χ1) is 10.6. The van der Waals surface area contributed by atoms with Gasteiger partial charge >= 0.3 is 12.1 Å². The molecule has 1 aromatic carbocycles. The average Bonchev–Trinajstić information content (AvgIpc) is 2.44. The second-order valence-electron chi connectivity index (χ2n) is 6.44. The van der Waals surface area contributed by atoms with Crippen molar-refractivity contribution in [2.24, 2.45) is 5.92 Å². The van der Waals surface area contributed by atoms with Crippen LogP contribution >= 0.6 is 0 Å². The van der Waals surface area contributed by atoms with Crippen molar-refractivity contribution >= 4 is 12.1 Å². The van der Waals surface area contributed by atoms with Crippen molar-refractivity contribution in [3.63, 3.8) is 0 Å². The van der Waals surface area contributed by atoms with Gasteiger partial charge in [-0.3, -0.25) is 5.32 Å². The third kappa shape index (κ3) is 6.59. The lowest BCUT2D eigenvalue weighted by atomic mass is 10.2. The SMILES string of the molecule is COC(=O)c1ccc(OC(NC(=O)OC(C)(C)C)C(C)C)cc1. The summed E-state index contributed by atoms with van der Waals surface area (Å²) in [5, 5.41) is 2.70. The van der Waals surface area contributed by atoms with E-state index >= 15 is 0 Å². The largest absolute Gasteiger partial charge is 0.470 e. The molecule has 1 atom stereocenters. The molecule has 0 fully saturated rings. The first-order valence-corrected chi connectivity index (χ1v) is 7.47. The van der Waals surface area contributed by atoms with Gasteiger partial charge in [-0.25, -0.2) is 9.59 Å². The van der Waals surface area contributed by atoms with E-state index in [1.165, 1.54) is 7.11 Å². The number of alkyl carbamates (subject to hydrolysis) is 1. The maximum Gasteiger partial charge on any atom is 0.410 e. The Kier molecular flexibility index (Phi) is 6.42. The molecule has 1 N–H and O–H groups in total. The first kappa shape index (κ1) is 18.8. The molecule has 0 aromatic heterocycles. The molecule has 0 saturated carbocycles. The number of hydrogen-bond donors (Lipinski definition) is 1. The van der Waals surface area contributed by atoms with E-state index in [0.29, 0.717) is 11.3 Å². The summed E-state index contributed by atoms with van der Waals surface area (Å²) in [5.41, 5.74) is -0.144. The number of rotatable bonds is 5. The predicted octanol–water partition coefficient (Wildman–Crippen LogP) is 3.36. The highest BCUT2D eigenvalue weighted by molar-refractivity contribution is 5.89. The van der Waals surface area contributed by atoms with Crippen LogP contribution < -0.4 is 10.1 Å². The number of hydrogen-bond acceptors (Lipinski definition) is 5. The van der Waals surface area contributed by atoms with E-state index in [1.807, 2.05) is 13.8 Å². The summed E-state index contributed by atoms with van der Waals surface area (Å²) in [6.07, 6.45) is -1.09. The molecule has 0 aliphatic rings. The van der Waals surface area contributed by atoms with Gasteiger partial charge in [-0.1, -0.05) is 13.8 Å². The number of amides is 1. The van der Waals surface area contributed by atoms with Gasteiger partial charge in [-0.05, 0) is 45.0 Å². The van der Waals surface area contributed by atoms with Gasteiger partial charge in [0.25, 0.3) is 0 Å². The summed E-state index contributed by atoms with van der Waals surface area (Å²) in [7, 11) is 1.33. The van der Waals surface area contributed by atoms with Crippen LogP contribution in [0.3, 0.4) is 0 Å². The van der Waals surface area contributed by atoms with Crippen molar-refractivity contribution in [1.82, 2.24) is 5.32 Å². The maximum atomic E-state index is 11.9. The van der Waals surface area contributed by atoms with Crippen LogP contribution in [0, 0.1) is 5.92 Å². The van der Waals surface area contributed by atoms with Crippen molar-refractivity contribution in [2.75, 3.05) is 7.11 Å². The van der Waals surface area contributed by atoms with E-state index in [-0.39, 0.29) is 5.92 Å². The number of benzene rings is 1. The van der Waals surface area contributed by atoms with Crippen molar-refractivity contribution in [3.8, 4) is 5.75 Å². The molecule has 0 spiro atoms. The molecule has 1 amide bonds. The lowest BCUT2D eigenvalue weighted by Crippen LogP contribution is -2.45. The summed E-state index contributed by atoms with van der Waals surface area (Å²) in [5.74, 6) is 0.152. The molecular formula is C17H25NO5. The van der Waals surface area contributed by atoms with Gasteiger partial charge in [-0.2, -0.15) is 0 Å². The van der Waals surface area contributed by atoms with Gasteiger partial charge in [0.15, 0.2) is 6.23 Å². The molecule has 6 heteroatoms. The van der Waals surface area contributed by atoms with Crippen molar-refractivity contribution in [3.05, 3.63) is 29.8 Å². The highest BCUT2D eigenvalue weighted by atomic mass is 16.6. The van der Waals surface area contributed by atoms with Crippen LogP contribution in [0.25, 0.3) is 0 Å². The average molecular weight is 323 g/mol. The fourth-order valence-corrected chi connectivity index (χ4v) is 1.69. The number of carbonyl (C=O) groups is 2. The number of nitrogens with one attached hydrogen (secondary N) is 1. The summed E-state index contributed by atoms with van der Waals surface area (Å²) >= 11 is 0. The second-order valence-corrected chi connectivity index (χ2v) is 6.44. The molecule has 23 heavy (non-hydrogen) atoms. The summed E-state index contributed by atoms with van der Waals surface area (Å²) < 4.78 is 15.6. The molecule has 128 valence electrons. The van der Waals surface area contributed by atoms with Gasteiger partial charge in [0, 0.05) is 5.92 Å². The van der Waals surface area contributed by atoms with Crippen LogP contribution in [0.4, 0.5) is 4.79 Å². The molecule has 0 radical (unpaired) electrons. The minimum Gasteiger partial charge on any atom is -0.470 e. The van der Waals surface area contributed by atoms with Crippen molar-refractivity contribution in [2.45, 2.75) is 46.4 Å². The lowest BCUT2D eigenvalue weighted by molar-refractivity contribution is 0.0325. The molecule has 6 nitrogen and oxygen atoms in total. The molecule has 1 rings (SSSR count). The number of carbonyl (C=O) groups excluding carboxylic acids is 2. The van der Waals surface area contributed by atoms with E-state index in [4.69, 9.17) is 9.47 Å². The normalized spacial score (nSPS) is 12.5. The predicted molar refractivity (Wildman–Crippen MR) is 86.4 cm³/mol. The molecule has 0 bridgehead atoms. The fraction of sp³-hybridized carbons (Fsp3) is 0.529. The van der Waals surface area contributed by atoms with E-state index in [2.05, 4.69) is 10.1 Å². The fourth-order valence-electron chi connectivity index (χ4n) is 1.69. The molecule has 1 aromatic rings. The van der Waals surface area contributed by atoms with Crippen LogP contribution in [0.1, 0.15) is 45.0 Å². The minimum atomic E-state index is -0.576. The van der Waals surface area contributed by atoms with Gasteiger partial charge in [-0.15, -0.1) is 0 Å². The standard InChI is InChI=1S/C17H25NO5/c1-11(2)14(18-16(20)23-17(3,4)5)22-13-9-7-12(8-10-13)15(19)21-6/h7-11,14H,1-6H3,(H,18,20). The molecule has 0 saturated heterocycles. The second kappa shape index (κ2) is 7.85. The van der Waals surface area contributed by atoms with E-state index in [0.717, 1.165) is 0 Å². The zero-order valence-electron chi connectivity index (χ0n) is 14.5. The Morgan fingerprint density at radius 3 is 2.09 bits per heavy atom. The van der Waals surface area contributed by atoms with E-state index in [1.54, 1.807) is 45.0 Å². The number of esters is 1. The van der Waals surface area contributed by atoms with Crippen molar-refractivity contribution < 1.29 is 23.8 Å². The zero-order chi connectivity index (χ0) is 17.6. The Morgan fingerprint density at radius 2 is 1.65 bits per heavy atom. The molecular weight excluding hydrogens is 298 g/mol. The Balaban J connectivity index is 2.73. The highest BCUT2D eigenvalue weighted by Crippen LogP contribution is 2.17. The van der Waals surface area contributed by atoms with Gasteiger partial charge in [0.1, 0.15) is 11.4 Å². The van der Waals surface area contributed by atoms with Crippen LogP contribution in [0.15, 0.2) is 24.3 Å². The Bertz CT molecular complexity index is 531. The Labute approximate surface area is 137 Å². The van der Waals surface area contributed by atoms with E-state index < -0.39 is 23.9 Å².